The first kappa shape index (κ1) is 15.6. The van der Waals surface area contributed by atoms with E-state index < -0.39 is 12.1 Å². The average molecular weight is 302 g/mol. The molecular weight excluding hydrogens is 284 g/mol. The highest BCUT2D eigenvalue weighted by Gasteiger charge is 2.10. The summed E-state index contributed by atoms with van der Waals surface area (Å²) in [6.45, 7) is 2.45. The lowest BCUT2D eigenvalue weighted by Gasteiger charge is -2.14. The molecule has 0 aliphatic heterocycles. The fourth-order valence-electron chi connectivity index (χ4n) is 1.86. The number of nitrogens with zero attached hydrogens (tertiary/aromatic N) is 1. The second-order valence-corrected chi connectivity index (χ2v) is 4.69. The molecule has 1 aromatic heterocycles. The van der Waals surface area contributed by atoms with E-state index in [0.29, 0.717) is 12.3 Å². The van der Waals surface area contributed by atoms with Crippen molar-refractivity contribution in [2.75, 3.05) is 20.7 Å². The fraction of sp³-hybridized carbons (Fsp3) is 0.250. The van der Waals surface area contributed by atoms with Crippen molar-refractivity contribution in [3.05, 3.63) is 36.0 Å². The third kappa shape index (κ3) is 3.46. The van der Waals surface area contributed by atoms with E-state index in [2.05, 4.69) is 9.72 Å². The molecule has 0 spiro atoms. The van der Waals surface area contributed by atoms with E-state index >= 15 is 0 Å². The number of benzene rings is 1. The number of ether oxygens (including phenoxy) is 2. The molecule has 2 rings (SSSR count). The summed E-state index contributed by atoms with van der Waals surface area (Å²) in [7, 11) is 3.00. The lowest BCUT2D eigenvalue weighted by Crippen LogP contribution is -2.29. The van der Waals surface area contributed by atoms with Gasteiger partial charge in [-0.05, 0) is 25.1 Å². The number of carbonyl (C=O) groups excluding carboxylic acids is 2. The summed E-state index contributed by atoms with van der Waals surface area (Å²) >= 11 is 0. The number of nitrogens with one attached hydrogen (secondary N) is 1. The highest BCUT2D eigenvalue weighted by atomic mass is 16.6. The Bertz CT molecular complexity index is 718. The largest absolute Gasteiger partial charge is 0.466 e. The Morgan fingerprint density at radius 3 is 2.82 bits per heavy atom. The molecule has 0 bridgehead atoms. The number of carbonyl (C=O) groups is 2. The first-order chi connectivity index (χ1) is 10.5. The van der Waals surface area contributed by atoms with Gasteiger partial charge in [-0.1, -0.05) is 0 Å². The maximum absolute atomic E-state index is 11.7. The fourth-order valence-corrected chi connectivity index (χ4v) is 1.86. The van der Waals surface area contributed by atoms with Crippen molar-refractivity contribution in [2.45, 2.75) is 6.92 Å². The van der Waals surface area contributed by atoms with Crippen molar-refractivity contribution in [3.63, 3.8) is 0 Å². The molecule has 0 unspecified atom stereocenters. The van der Waals surface area contributed by atoms with Gasteiger partial charge in [-0.15, -0.1) is 0 Å². The third-order valence-electron chi connectivity index (χ3n) is 3.28. The van der Waals surface area contributed by atoms with Crippen molar-refractivity contribution in [2.24, 2.45) is 0 Å². The Balaban J connectivity index is 2.21. The van der Waals surface area contributed by atoms with Gasteiger partial charge in [0.1, 0.15) is 5.75 Å². The summed E-state index contributed by atoms with van der Waals surface area (Å²) in [4.78, 5) is 27.4. The average Bonchev–Trinajstić information content (AvgIpc) is 2.93. The first-order valence-corrected chi connectivity index (χ1v) is 6.85. The number of H-pyrrole nitrogens is 1. The molecule has 6 heteroatoms. The van der Waals surface area contributed by atoms with E-state index in [1.54, 1.807) is 31.5 Å². The number of methoxy groups -OCH3 is 1. The van der Waals surface area contributed by atoms with E-state index in [4.69, 9.17) is 4.74 Å². The maximum atomic E-state index is 11.7. The van der Waals surface area contributed by atoms with Gasteiger partial charge in [0.2, 0.25) is 0 Å². The maximum Gasteiger partial charge on any atom is 0.414 e. The minimum Gasteiger partial charge on any atom is -0.466 e. The van der Waals surface area contributed by atoms with Crippen molar-refractivity contribution in [3.8, 4) is 5.75 Å². The molecule has 0 aliphatic carbocycles. The van der Waals surface area contributed by atoms with Crippen LogP contribution in [-0.4, -0.2) is 42.6 Å². The molecule has 0 saturated carbocycles. The zero-order valence-electron chi connectivity index (χ0n) is 12.8. The molecule has 2 aromatic rings. The van der Waals surface area contributed by atoms with Crippen molar-refractivity contribution in [1.82, 2.24) is 9.88 Å². The van der Waals surface area contributed by atoms with Crippen LogP contribution in [0.15, 0.2) is 30.5 Å². The number of hydrogen-bond donors (Lipinski definition) is 1. The number of fused-ring (bicyclic) bond motifs is 1. The molecule has 1 amide bonds. The zero-order chi connectivity index (χ0) is 16.1. The van der Waals surface area contributed by atoms with Crippen molar-refractivity contribution >= 4 is 29.0 Å². The second kappa shape index (κ2) is 6.80. The smallest absolute Gasteiger partial charge is 0.414 e. The number of rotatable bonds is 4. The van der Waals surface area contributed by atoms with Crippen LogP contribution < -0.4 is 4.74 Å². The lowest BCUT2D eigenvalue weighted by atomic mass is 10.1. The van der Waals surface area contributed by atoms with E-state index in [0.717, 1.165) is 16.5 Å². The molecule has 6 nitrogen and oxygen atoms in total. The van der Waals surface area contributed by atoms with Gasteiger partial charge in [0, 0.05) is 48.4 Å². The number of aromatic nitrogens is 1. The van der Waals surface area contributed by atoms with Gasteiger partial charge >= 0.3 is 12.1 Å². The second-order valence-electron chi connectivity index (χ2n) is 4.69. The summed E-state index contributed by atoms with van der Waals surface area (Å²) in [6, 6.07) is 5.29. The van der Waals surface area contributed by atoms with E-state index in [1.165, 1.54) is 18.1 Å². The summed E-state index contributed by atoms with van der Waals surface area (Å²) in [5.41, 5.74) is 1.66. The van der Waals surface area contributed by atoms with E-state index in [9.17, 15) is 9.59 Å². The van der Waals surface area contributed by atoms with Gasteiger partial charge in [0.25, 0.3) is 0 Å². The molecule has 22 heavy (non-hydrogen) atoms. The topological polar surface area (TPSA) is 71.6 Å². The normalized spacial score (nSPS) is 10.9. The van der Waals surface area contributed by atoms with Gasteiger partial charge in [-0.25, -0.2) is 9.59 Å². The molecular formula is C16H18N2O4. The van der Waals surface area contributed by atoms with Gasteiger partial charge in [0.15, 0.2) is 0 Å². The molecule has 1 N–H and O–H groups in total. The summed E-state index contributed by atoms with van der Waals surface area (Å²) < 4.78 is 9.83. The Labute approximate surface area is 128 Å². The Kier molecular flexibility index (Phi) is 4.83. The van der Waals surface area contributed by atoms with Crippen LogP contribution in [0.1, 0.15) is 12.5 Å². The Morgan fingerprint density at radius 1 is 1.36 bits per heavy atom. The third-order valence-corrected chi connectivity index (χ3v) is 3.28. The van der Waals surface area contributed by atoms with Crippen molar-refractivity contribution < 1.29 is 19.1 Å². The van der Waals surface area contributed by atoms with Crippen LogP contribution in [0.3, 0.4) is 0 Å². The molecule has 1 heterocycles. The van der Waals surface area contributed by atoms with Crippen LogP contribution in [-0.2, 0) is 9.53 Å². The SMILES string of the molecule is CCN(C)C(=O)Oc1ccc2c(C=CC(=O)OC)c[nH]c2c1. The molecule has 0 aliphatic rings. The van der Waals surface area contributed by atoms with Crippen LogP contribution in [0.5, 0.6) is 5.75 Å². The summed E-state index contributed by atoms with van der Waals surface area (Å²) in [5, 5.41) is 0.920. The molecule has 116 valence electrons. The Hall–Kier alpha value is -2.76. The number of amides is 1. The minimum absolute atomic E-state index is 0.404. The predicted molar refractivity (Wildman–Crippen MR) is 83.7 cm³/mol. The molecule has 0 fully saturated rings. The van der Waals surface area contributed by atoms with Gasteiger partial charge in [-0.2, -0.15) is 0 Å². The van der Waals surface area contributed by atoms with Crippen LogP contribution in [0, 0.1) is 0 Å². The highest BCUT2D eigenvalue weighted by molar-refractivity contribution is 5.94. The standard InChI is InChI=1S/C16H18N2O4/c1-4-18(2)16(20)22-12-6-7-13-11(5-8-15(19)21-3)10-17-14(13)9-12/h5-10,17H,4H2,1-3H3. The quantitative estimate of drug-likeness (QED) is 0.696. The van der Waals surface area contributed by atoms with E-state index in [1.807, 2.05) is 13.0 Å². The molecule has 0 radical (unpaired) electrons. The monoisotopic (exact) mass is 302 g/mol. The van der Waals surface area contributed by atoms with Crippen LogP contribution >= 0.6 is 0 Å². The summed E-state index contributed by atoms with van der Waals surface area (Å²) in [6.07, 6.45) is 4.39. The zero-order valence-corrected chi connectivity index (χ0v) is 12.8. The molecule has 0 saturated heterocycles. The highest BCUT2D eigenvalue weighted by Crippen LogP contribution is 2.24. The van der Waals surface area contributed by atoms with Crippen LogP contribution in [0.25, 0.3) is 17.0 Å². The number of hydrogen-bond acceptors (Lipinski definition) is 4. The van der Waals surface area contributed by atoms with Crippen LogP contribution in [0.4, 0.5) is 4.79 Å². The number of aromatic amines is 1. The molecule has 1 aromatic carbocycles. The van der Waals surface area contributed by atoms with Crippen molar-refractivity contribution in [1.29, 1.82) is 0 Å². The van der Waals surface area contributed by atoms with Crippen LogP contribution in [0.2, 0.25) is 0 Å². The summed E-state index contributed by atoms with van der Waals surface area (Å²) in [5.74, 6) is 0.0469. The van der Waals surface area contributed by atoms with Gasteiger partial charge in [0.05, 0.1) is 7.11 Å². The first-order valence-electron chi connectivity index (χ1n) is 6.85. The Morgan fingerprint density at radius 2 is 2.14 bits per heavy atom. The number of esters is 1. The van der Waals surface area contributed by atoms with Gasteiger partial charge in [-0.3, -0.25) is 0 Å². The van der Waals surface area contributed by atoms with E-state index in [-0.39, 0.29) is 0 Å². The minimum atomic E-state index is -0.414. The predicted octanol–water partition coefficient (Wildman–Crippen LogP) is 2.80. The van der Waals surface area contributed by atoms with Gasteiger partial charge < -0.3 is 19.4 Å². The molecule has 0 atom stereocenters. The lowest BCUT2D eigenvalue weighted by molar-refractivity contribution is -0.134.